The number of para-hydroxylation sites is 1. The molecule has 0 aliphatic carbocycles. The average molecular weight is 243 g/mol. The van der Waals surface area contributed by atoms with E-state index in [-0.39, 0.29) is 6.61 Å². The summed E-state index contributed by atoms with van der Waals surface area (Å²) in [6.07, 6.45) is 3.89. The van der Waals surface area contributed by atoms with Crippen LogP contribution < -0.4 is 4.90 Å². The Morgan fingerprint density at radius 1 is 1.33 bits per heavy atom. The Hall–Kier alpha value is -1.68. The number of hydrogen-bond donors (Lipinski definition) is 1. The van der Waals surface area contributed by atoms with Crippen molar-refractivity contribution in [1.82, 2.24) is 9.97 Å². The van der Waals surface area contributed by atoms with Crippen molar-refractivity contribution in [1.29, 1.82) is 0 Å². The highest BCUT2D eigenvalue weighted by molar-refractivity contribution is 5.78. The predicted octanol–water partition coefficient (Wildman–Crippen LogP) is 1.84. The fraction of sp³-hybridized carbons (Fsp3) is 0.429. The van der Waals surface area contributed by atoms with Gasteiger partial charge in [0.25, 0.3) is 0 Å². The molecule has 0 bridgehead atoms. The first-order valence-corrected chi connectivity index (χ1v) is 6.44. The Labute approximate surface area is 106 Å². The number of aromatic nitrogens is 2. The van der Waals surface area contributed by atoms with Crippen molar-refractivity contribution in [3.05, 3.63) is 30.5 Å². The van der Waals surface area contributed by atoms with Gasteiger partial charge < -0.3 is 10.0 Å². The number of nitrogens with zero attached hydrogens (tertiary/aromatic N) is 3. The highest BCUT2D eigenvalue weighted by atomic mass is 16.3. The van der Waals surface area contributed by atoms with E-state index in [9.17, 15) is 0 Å². The van der Waals surface area contributed by atoms with Crippen LogP contribution in [-0.2, 0) is 0 Å². The van der Waals surface area contributed by atoms with Gasteiger partial charge in [0.15, 0.2) is 0 Å². The topological polar surface area (TPSA) is 49.2 Å². The van der Waals surface area contributed by atoms with E-state index < -0.39 is 0 Å². The first-order valence-electron chi connectivity index (χ1n) is 6.44. The van der Waals surface area contributed by atoms with Crippen LogP contribution in [0.5, 0.6) is 0 Å². The summed E-state index contributed by atoms with van der Waals surface area (Å²) in [6, 6.07) is 8.04. The number of rotatable bonds is 3. The molecule has 94 valence electrons. The molecule has 1 aliphatic rings. The third-order valence-electron chi connectivity index (χ3n) is 3.58. The molecular weight excluding hydrogens is 226 g/mol. The Morgan fingerprint density at radius 2 is 2.22 bits per heavy atom. The van der Waals surface area contributed by atoms with Gasteiger partial charge in [-0.05, 0) is 24.8 Å². The van der Waals surface area contributed by atoms with Crippen LogP contribution in [0.15, 0.2) is 30.5 Å². The van der Waals surface area contributed by atoms with Crippen LogP contribution in [0, 0.1) is 5.92 Å². The van der Waals surface area contributed by atoms with E-state index in [1.807, 2.05) is 30.5 Å². The third kappa shape index (κ3) is 2.16. The van der Waals surface area contributed by atoms with E-state index in [1.54, 1.807) is 0 Å². The maximum absolute atomic E-state index is 8.98. The molecule has 18 heavy (non-hydrogen) atoms. The molecule has 0 saturated carbocycles. The summed E-state index contributed by atoms with van der Waals surface area (Å²) in [4.78, 5) is 11.3. The fourth-order valence-electron chi connectivity index (χ4n) is 2.55. The van der Waals surface area contributed by atoms with Crippen molar-refractivity contribution in [2.24, 2.45) is 5.92 Å². The second-order valence-electron chi connectivity index (χ2n) is 4.84. The first kappa shape index (κ1) is 11.4. The SMILES string of the molecule is OCCC1CCN(c2ncc3ccccc3n2)C1. The second kappa shape index (κ2) is 4.90. The van der Waals surface area contributed by atoms with E-state index in [1.165, 1.54) is 0 Å². The maximum atomic E-state index is 8.98. The van der Waals surface area contributed by atoms with Crippen LogP contribution >= 0.6 is 0 Å². The summed E-state index contributed by atoms with van der Waals surface area (Å²) in [5, 5.41) is 10.1. The smallest absolute Gasteiger partial charge is 0.225 e. The fourth-order valence-corrected chi connectivity index (χ4v) is 2.55. The molecular formula is C14H17N3O. The number of benzene rings is 1. The van der Waals surface area contributed by atoms with Gasteiger partial charge in [0.05, 0.1) is 5.52 Å². The minimum absolute atomic E-state index is 0.275. The van der Waals surface area contributed by atoms with Crippen molar-refractivity contribution in [3.63, 3.8) is 0 Å². The van der Waals surface area contributed by atoms with Gasteiger partial charge in [-0.2, -0.15) is 0 Å². The molecule has 1 aromatic heterocycles. The van der Waals surface area contributed by atoms with Crippen molar-refractivity contribution < 1.29 is 5.11 Å². The van der Waals surface area contributed by atoms with Crippen molar-refractivity contribution in [2.45, 2.75) is 12.8 Å². The molecule has 1 atom stereocenters. The van der Waals surface area contributed by atoms with E-state index in [4.69, 9.17) is 5.11 Å². The molecule has 1 aromatic carbocycles. The lowest BCUT2D eigenvalue weighted by molar-refractivity contribution is 0.263. The van der Waals surface area contributed by atoms with Gasteiger partial charge in [-0.1, -0.05) is 18.2 Å². The molecule has 2 heterocycles. The molecule has 1 saturated heterocycles. The molecule has 4 nitrogen and oxygen atoms in total. The van der Waals surface area contributed by atoms with Gasteiger partial charge in [-0.15, -0.1) is 0 Å². The van der Waals surface area contributed by atoms with E-state index >= 15 is 0 Å². The van der Waals surface area contributed by atoms with Crippen molar-refractivity contribution in [2.75, 3.05) is 24.6 Å². The average Bonchev–Trinajstić information content (AvgIpc) is 2.87. The van der Waals surface area contributed by atoms with Crippen molar-refractivity contribution in [3.8, 4) is 0 Å². The van der Waals surface area contributed by atoms with E-state index in [2.05, 4.69) is 14.9 Å². The maximum Gasteiger partial charge on any atom is 0.225 e. The minimum Gasteiger partial charge on any atom is -0.396 e. The molecule has 1 N–H and O–H groups in total. The number of aliphatic hydroxyl groups excluding tert-OH is 1. The van der Waals surface area contributed by atoms with Crippen LogP contribution in [0.1, 0.15) is 12.8 Å². The molecule has 3 rings (SSSR count). The summed E-state index contributed by atoms with van der Waals surface area (Å²) in [7, 11) is 0. The lowest BCUT2D eigenvalue weighted by atomic mass is 10.1. The Kier molecular flexibility index (Phi) is 3.11. The molecule has 1 fully saturated rings. The Balaban J connectivity index is 1.82. The molecule has 0 spiro atoms. The van der Waals surface area contributed by atoms with Gasteiger partial charge in [-0.25, -0.2) is 9.97 Å². The van der Waals surface area contributed by atoms with Crippen LogP contribution in [-0.4, -0.2) is 34.8 Å². The number of hydrogen-bond acceptors (Lipinski definition) is 4. The largest absolute Gasteiger partial charge is 0.396 e. The van der Waals surface area contributed by atoms with Crippen LogP contribution in [0.4, 0.5) is 5.95 Å². The zero-order valence-corrected chi connectivity index (χ0v) is 10.3. The lowest BCUT2D eigenvalue weighted by Crippen LogP contribution is -2.22. The predicted molar refractivity (Wildman–Crippen MR) is 71.6 cm³/mol. The monoisotopic (exact) mass is 243 g/mol. The standard InChI is InChI=1S/C14H17N3O/c18-8-6-11-5-7-17(10-11)14-15-9-12-3-1-2-4-13(12)16-14/h1-4,9,11,18H,5-8,10H2. The highest BCUT2D eigenvalue weighted by Gasteiger charge is 2.23. The van der Waals surface area contributed by atoms with Gasteiger partial charge in [-0.3, -0.25) is 0 Å². The molecule has 1 aliphatic heterocycles. The lowest BCUT2D eigenvalue weighted by Gasteiger charge is -2.16. The first-order chi connectivity index (χ1) is 8.86. The third-order valence-corrected chi connectivity index (χ3v) is 3.58. The van der Waals surface area contributed by atoms with Gasteiger partial charge >= 0.3 is 0 Å². The quantitative estimate of drug-likeness (QED) is 0.893. The molecule has 0 amide bonds. The van der Waals surface area contributed by atoms with Crippen LogP contribution in [0.2, 0.25) is 0 Å². The molecule has 4 heteroatoms. The zero-order chi connectivity index (χ0) is 12.4. The van der Waals surface area contributed by atoms with E-state index in [0.29, 0.717) is 5.92 Å². The summed E-state index contributed by atoms with van der Waals surface area (Å²) < 4.78 is 0. The Bertz CT molecular complexity index is 543. The minimum atomic E-state index is 0.275. The number of aliphatic hydroxyl groups is 1. The normalized spacial score (nSPS) is 19.6. The summed E-state index contributed by atoms with van der Waals surface area (Å²) >= 11 is 0. The second-order valence-corrected chi connectivity index (χ2v) is 4.84. The van der Waals surface area contributed by atoms with E-state index in [0.717, 1.165) is 42.8 Å². The van der Waals surface area contributed by atoms with Gasteiger partial charge in [0.2, 0.25) is 5.95 Å². The van der Waals surface area contributed by atoms with Crippen LogP contribution in [0.25, 0.3) is 10.9 Å². The molecule has 1 unspecified atom stereocenters. The number of fused-ring (bicyclic) bond motifs is 1. The summed E-state index contributed by atoms with van der Waals surface area (Å²) in [6.45, 7) is 2.22. The summed E-state index contributed by atoms with van der Waals surface area (Å²) in [5.74, 6) is 1.39. The number of anilines is 1. The van der Waals surface area contributed by atoms with Gasteiger partial charge in [0, 0.05) is 31.3 Å². The molecule has 0 radical (unpaired) electrons. The zero-order valence-electron chi connectivity index (χ0n) is 10.3. The molecule has 2 aromatic rings. The van der Waals surface area contributed by atoms with Gasteiger partial charge in [0.1, 0.15) is 0 Å². The Morgan fingerprint density at radius 3 is 3.11 bits per heavy atom. The summed E-state index contributed by atoms with van der Waals surface area (Å²) in [5.41, 5.74) is 0.994. The highest BCUT2D eigenvalue weighted by Crippen LogP contribution is 2.23. The van der Waals surface area contributed by atoms with Crippen LogP contribution in [0.3, 0.4) is 0 Å². The van der Waals surface area contributed by atoms with Crippen molar-refractivity contribution >= 4 is 16.9 Å².